The number of benzene rings is 2. The van der Waals surface area contributed by atoms with Crippen LogP contribution in [-0.4, -0.2) is 30.3 Å². The lowest BCUT2D eigenvalue weighted by molar-refractivity contribution is -0.145. The van der Waals surface area contributed by atoms with Gasteiger partial charge >= 0.3 is 5.97 Å². The zero-order valence-corrected chi connectivity index (χ0v) is 14.5. The second-order valence-corrected chi connectivity index (χ2v) is 5.84. The molecule has 0 aliphatic rings. The fourth-order valence-electron chi connectivity index (χ4n) is 2.27. The number of Topliss-reactive ketones (excluding diaryl/α,β-unsaturated/α-hetero) is 1. The minimum atomic E-state index is -0.914. The Balaban J connectivity index is 1.88. The second kappa shape index (κ2) is 8.24. The predicted octanol–water partition coefficient (Wildman–Crippen LogP) is 2.85. The van der Waals surface area contributed by atoms with Crippen molar-refractivity contribution in [1.29, 1.82) is 0 Å². The molecule has 0 saturated carbocycles. The highest BCUT2D eigenvalue weighted by Gasteiger charge is 2.20. The molecule has 2 aromatic rings. The van der Waals surface area contributed by atoms with Gasteiger partial charge in [0, 0.05) is 11.1 Å². The van der Waals surface area contributed by atoms with Crippen LogP contribution in [0.2, 0.25) is 0 Å². The van der Waals surface area contributed by atoms with E-state index in [2.05, 4.69) is 5.32 Å². The SMILES string of the molecule is Cc1ccc(C(=O)[C@@H](C)OC(=O)CNC(=O)c2ccccc2)cc1C. The molecule has 0 aromatic heterocycles. The predicted molar refractivity (Wildman–Crippen MR) is 94.6 cm³/mol. The van der Waals surface area contributed by atoms with Gasteiger partial charge in [-0.3, -0.25) is 14.4 Å². The fraction of sp³-hybridized carbons (Fsp3) is 0.250. The molecular weight excluding hydrogens is 318 g/mol. The summed E-state index contributed by atoms with van der Waals surface area (Å²) in [5, 5.41) is 2.47. The first-order chi connectivity index (χ1) is 11.9. The summed E-state index contributed by atoms with van der Waals surface area (Å²) in [5.74, 6) is -1.30. The largest absolute Gasteiger partial charge is 0.453 e. The van der Waals surface area contributed by atoms with Crippen LogP contribution in [0.25, 0.3) is 0 Å². The smallest absolute Gasteiger partial charge is 0.326 e. The zero-order valence-electron chi connectivity index (χ0n) is 14.5. The first kappa shape index (κ1) is 18.4. The van der Waals surface area contributed by atoms with Crippen molar-refractivity contribution in [2.75, 3.05) is 6.54 Å². The highest BCUT2D eigenvalue weighted by Crippen LogP contribution is 2.13. The summed E-state index contributed by atoms with van der Waals surface area (Å²) in [6.07, 6.45) is -0.914. The molecule has 0 bridgehead atoms. The van der Waals surface area contributed by atoms with Gasteiger partial charge in [-0.05, 0) is 50.1 Å². The van der Waals surface area contributed by atoms with Crippen LogP contribution in [0.5, 0.6) is 0 Å². The maximum absolute atomic E-state index is 12.3. The average molecular weight is 339 g/mol. The Hall–Kier alpha value is -2.95. The Kier molecular flexibility index (Phi) is 6.06. The summed E-state index contributed by atoms with van der Waals surface area (Å²) in [4.78, 5) is 36.1. The van der Waals surface area contributed by atoms with Gasteiger partial charge in [0.15, 0.2) is 6.10 Å². The summed E-state index contributed by atoms with van der Waals surface area (Å²) < 4.78 is 5.12. The molecule has 1 N–H and O–H groups in total. The summed E-state index contributed by atoms with van der Waals surface area (Å²) in [5.41, 5.74) is 3.04. The monoisotopic (exact) mass is 339 g/mol. The number of esters is 1. The first-order valence-corrected chi connectivity index (χ1v) is 8.02. The molecule has 130 valence electrons. The Morgan fingerprint density at radius 1 is 0.960 bits per heavy atom. The molecule has 0 radical (unpaired) electrons. The van der Waals surface area contributed by atoms with Gasteiger partial charge in [-0.25, -0.2) is 0 Å². The molecule has 0 saturated heterocycles. The van der Waals surface area contributed by atoms with E-state index < -0.39 is 12.1 Å². The number of aryl methyl sites for hydroxylation is 2. The summed E-state index contributed by atoms with van der Waals surface area (Å²) in [6, 6.07) is 13.9. The van der Waals surface area contributed by atoms with Gasteiger partial charge in [-0.1, -0.05) is 30.3 Å². The normalized spacial score (nSPS) is 11.5. The van der Waals surface area contributed by atoms with Gasteiger partial charge in [-0.2, -0.15) is 0 Å². The number of carbonyl (C=O) groups excluding carboxylic acids is 3. The molecule has 0 aliphatic carbocycles. The van der Waals surface area contributed by atoms with E-state index in [0.29, 0.717) is 11.1 Å². The molecule has 2 aromatic carbocycles. The Morgan fingerprint density at radius 2 is 1.64 bits per heavy atom. The van der Waals surface area contributed by atoms with Crippen molar-refractivity contribution in [2.45, 2.75) is 26.9 Å². The number of hydrogen-bond donors (Lipinski definition) is 1. The lowest BCUT2D eigenvalue weighted by Gasteiger charge is -2.13. The van der Waals surface area contributed by atoms with Crippen LogP contribution in [0, 0.1) is 13.8 Å². The van der Waals surface area contributed by atoms with Crippen LogP contribution in [0.15, 0.2) is 48.5 Å². The lowest BCUT2D eigenvalue weighted by atomic mass is 10.0. The standard InChI is InChI=1S/C20H21NO4/c1-13-9-10-17(11-14(13)2)19(23)15(3)25-18(22)12-21-20(24)16-7-5-4-6-8-16/h4-11,15H,12H2,1-3H3,(H,21,24)/t15-/m1/s1. The van der Waals surface area contributed by atoms with Crippen LogP contribution in [-0.2, 0) is 9.53 Å². The molecule has 0 unspecified atom stereocenters. The summed E-state index contributed by atoms with van der Waals surface area (Å²) in [7, 11) is 0. The Labute approximate surface area is 147 Å². The molecule has 25 heavy (non-hydrogen) atoms. The molecule has 0 aliphatic heterocycles. The highest BCUT2D eigenvalue weighted by molar-refractivity contribution is 6.00. The van der Waals surface area contributed by atoms with Gasteiger partial charge in [0.25, 0.3) is 5.91 Å². The van der Waals surface area contributed by atoms with E-state index in [0.717, 1.165) is 11.1 Å². The van der Waals surface area contributed by atoms with Crippen LogP contribution in [0.4, 0.5) is 0 Å². The number of rotatable bonds is 6. The summed E-state index contributed by atoms with van der Waals surface area (Å²) in [6.45, 7) is 5.11. The minimum absolute atomic E-state index is 0.272. The van der Waals surface area contributed by atoms with Crippen molar-refractivity contribution in [3.8, 4) is 0 Å². The quantitative estimate of drug-likeness (QED) is 0.649. The Bertz CT molecular complexity index is 784. The topological polar surface area (TPSA) is 72.5 Å². The van der Waals surface area contributed by atoms with Gasteiger partial charge < -0.3 is 10.1 Å². The van der Waals surface area contributed by atoms with Gasteiger partial charge in [0.2, 0.25) is 5.78 Å². The van der Waals surface area contributed by atoms with Crippen LogP contribution in [0.1, 0.15) is 38.8 Å². The third-order valence-corrected chi connectivity index (χ3v) is 3.90. The van der Waals surface area contributed by atoms with Gasteiger partial charge in [0.05, 0.1) is 0 Å². The number of nitrogens with one attached hydrogen (secondary N) is 1. The van der Waals surface area contributed by atoms with Crippen LogP contribution in [0.3, 0.4) is 0 Å². The minimum Gasteiger partial charge on any atom is -0.453 e. The zero-order chi connectivity index (χ0) is 18.4. The average Bonchev–Trinajstić information content (AvgIpc) is 2.62. The van der Waals surface area contributed by atoms with Crippen molar-refractivity contribution < 1.29 is 19.1 Å². The number of amides is 1. The third kappa shape index (κ3) is 5.01. The Morgan fingerprint density at radius 3 is 2.28 bits per heavy atom. The molecule has 2 rings (SSSR count). The second-order valence-electron chi connectivity index (χ2n) is 5.84. The number of ketones is 1. The van der Waals surface area contributed by atoms with Crippen molar-refractivity contribution in [2.24, 2.45) is 0 Å². The van der Waals surface area contributed by atoms with Crippen molar-refractivity contribution >= 4 is 17.7 Å². The molecule has 5 nitrogen and oxygen atoms in total. The number of hydrogen-bond acceptors (Lipinski definition) is 4. The van der Waals surface area contributed by atoms with E-state index in [-0.39, 0.29) is 18.2 Å². The maximum Gasteiger partial charge on any atom is 0.326 e. The molecule has 0 spiro atoms. The van der Waals surface area contributed by atoms with E-state index in [1.165, 1.54) is 6.92 Å². The van der Waals surface area contributed by atoms with Gasteiger partial charge in [-0.15, -0.1) is 0 Å². The van der Waals surface area contributed by atoms with E-state index in [4.69, 9.17) is 4.74 Å². The molecule has 1 atom stereocenters. The van der Waals surface area contributed by atoms with Crippen molar-refractivity contribution in [3.05, 3.63) is 70.8 Å². The van der Waals surface area contributed by atoms with Crippen molar-refractivity contribution in [3.63, 3.8) is 0 Å². The van der Waals surface area contributed by atoms with Crippen LogP contribution >= 0.6 is 0 Å². The summed E-state index contributed by atoms with van der Waals surface area (Å²) >= 11 is 0. The van der Waals surface area contributed by atoms with Gasteiger partial charge in [0.1, 0.15) is 6.54 Å². The van der Waals surface area contributed by atoms with Crippen molar-refractivity contribution in [1.82, 2.24) is 5.32 Å². The maximum atomic E-state index is 12.3. The lowest BCUT2D eigenvalue weighted by Crippen LogP contribution is -2.34. The molecular formula is C20H21NO4. The highest BCUT2D eigenvalue weighted by atomic mass is 16.5. The van der Waals surface area contributed by atoms with E-state index >= 15 is 0 Å². The first-order valence-electron chi connectivity index (χ1n) is 8.02. The molecule has 0 fully saturated rings. The van der Waals surface area contributed by atoms with E-state index in [9.17, 15) is 14.4 Å². The molecule has 1 amide bonds. The molecule has 5 heteroatoms. The fourth-order valence-corrected chi connectivity index (χ4v) is 2.27. The number of carbonyl (C=O) groups is 3. The van der Waals surface area contributed by atoms with E-state index in [1.807, 2.05) is 19.9 Å². The van der Waals surface area contributed by atoms with E-state index in [1.54, 1.807) is 42.5 Å². The molecule has 0 heterocycles. The van der Waals surface area contributed by atoms with Crippen LogP contribution < -0.4 is 5.32 Å². The third-order valence-electron chi connectivity index (χ3n) is 3.90. The number of ether oxygens (including phenoxy) is 1.